The number of nitrogens with zero attached hydrogens (tertiary/aromatic N) is 1. The van der Waals surface area contributed by atoms with Gasteiger partial charge in [-0.3, -0.25) is 0 Å². The molecule has 1 atom stereocenters. The normalized spacial score (nSPS) is 21.5. The Kier molecular flexibility index (Phi) is 4.00. The number of hydrogen-bond acceptors (Lipinski definition) is 2. The smallest absolute Gasteiger partial charge is 0.168 e. The maximum Gasteiger partial charge on any atom is 0.168 e. The number of likely N-dealkylation sites (N-methyl/N-ethyl adjacent to an activating group) is 1. The summed E-state index contributed by atoms with van der Waals surface area (Å²) in [6.07, 6.45) is 2.22. The number of likely N-dealkylation sites (tertiary alicyclic amines) is 1. The van der Waals surface area contributed by atoms with E-state index in [1.165, 1.54) is 7.11 Å². The van der Waals surface area contributed by atoms with Crippen molar-refractivity contribution in [2.45, 2.75) is 25.7 Å². The van der Waals surface area contributed by atoms with Gasteiger partial charge in [-0.25, -0.2) is 4.39 Å². The van der Waals surface area contributed by atoms with Gasteiger partial charge in [0, 0.05) is 6.54 Å². The van der Waals surface area contributed by atoms with Crippen LogP contribution in [0.3, 0.4) is 0 Å². The maximum absolute atomic E-state index is 14.1. The Bertz CT molecular complexity index is 380. The SMILES string of the molecule is CCN1CCCC(c2cccc(OC)c2F)C1. The standard InChI is InChI=1S/C14H20FNO/c1-3-16-9-5-6-11(10-16)12-7-4-8-13(17-2)14(12)15/h4,7-8,11H,3,5-6,9-10H2,1-2H3. The predicted molar refractivity (Wildman–Crippen MR) is 67.0 cm³/mol. The third-order valence-corrected chi connectivity index (χ3v) is 3.61. The highest BCUT2D eigenvalue weighted by Crippen LogP contribution is 2.32. The van der Waals surface area contributed by atoms with Gasteiger partial charge < -0.3 is 9.64 Å². The van der Waals surface area contributed by atoms with Crippen molar-refractivity contribution in [3.8, 4) is 5.75 Å². The van der Waals surface area contributed by atoms with Crippen molar-refractivity contribution in [1.82, 2.24) is 4.90 Å². The molecule has 0 radical (unpaired) electrons. The third kappa shape index (κ3) is 2.60. The van der Waals surface area contributed by atoms with E-state index >= 15 is 0 Å². The average molecular weight is 237 g/mol. The molecule has 17 heavy (non-hydrogen) atoms. The molecule has 1 aliphatic rings. The van der Waals surface area contributed by atoms with Gasteiger partial charge in [0.05, 0.1) is 7.11 Å². The molecular formula is C14H20FNO. The maximum atomic E-state index is 14.1. The first-order valence-corrected chi connectivity index (χ1v) is 6.31. The average Bonchev–Trinajstić information content (AvgIpc) is 2.39. The molecule has 94 valence electrons. The van der Waals surface area contributed by atoms with Crippen molar-refractivity contribution in [3.05, 3.63) is 29.6 Å². The largest absolute Gasteiger partial charge is 0.494 e. The van der Waals surface area contributed by atoms with E-state index in [2.05, 4.69) is 11.8 Å². The molecule has 1 unspecified atom stereocenters. The van der Waals surface area contributed by atoms with Crippen LogP contribution >= 0.6 is 0 Å². The van der Waals surface area contributed by atoms with E-state index in [4.69, 9.17) is 4.74 Å². The zero-order chi connectivity index (χ0) is 12.3. The van der Waals surface area contributed by atoms with Gasteiger partial charge in [-0.2, -0.15) is 0 Å². The molecule has 2 rings (SSSR count). The highest BCUT2D eigenvalue weighted by molar-refractivity contribution is 5.33. The number of hydrogen-bond donors (Lipinski definition) is 0. The molecule has 1 aromatic rings. The van der Waals surface area contributed by atoms with Crippen molar-refractivity contribution in [2.24, 2.45) is 0 Å². The van der Waals surface area contributed by atoms with E-state index in [0.717, 1.165) is 38.0 Å². The molecule has 1 aliphatic heterocycles. The van der Waals surface area contributed by atoms with Crippen LogP contribution in [0.2, 0.25) is 0 Å². The molecular weight excluding hydrogens is 217 g/mol. The Labute approximate surface area is 102 Å². The van der Waals surface area contributed by atoms with Crippen molar-refractivity contribution >= 4 is 0 Å². The van der Waals surface area contributed by atoms with Crippen molar-refractivity contribution in [2.75, 3.05) is 26.7 Å². The Morgan fingerprint density at radius 1 is 1.47 bits per heavy atom. The van der Waals surface area contributed by atoms with Crippen molar-refractivity contribution in [3.63, 3.8) is 0 Å². The molecule has 1 saturated heterocycles. The number of piperidine rings is 1. The van der Waals surface area contributed by atoms with Crippen molar-refractivity contribution < 1.29 is 9.13 Å². The lowest BCUT2D eigenvalue weighted by atomic mass is 9.90. The molecule has 0 bridgehead atoms. The van der Waals surface area contributed by atoms with Gasteiger partial charge in [-0.15, -0.1) is 0 Å². The molecule has 0 amide bonds. The molecule has 1 aromatic carbocycles. The summed E-state index contributed by atoms with van der Waals surface area (Å²) in [6.45, 7) is 5.30. The van der Waals surface area contributed by atoms with Gasteiger partial charge in [-0.05, 0) is 43.5 Å². The molecule has 2 nitrogen and oxygen atoms in total. The third-order valence-electron chi connectivity index (χ3n) is 3.61. The molecule has 0 saturated carbocycles. The van der Waals surface area contributed by atoms with E-state index in [-0.39, 0.29) is 5.82 Å². The number of ether oxygens (including phenoxy) is 1. The first-order valence-electron chi connectivity index (χ1n) is 6.31. The summed E-state index contributed by atoms with van der Waals surface area (Å²) in [4.78, 5) is 2.38. The lowest BCUT2D eigenvalue weighted by Gasteiger charge is -2.32. The summed E-state index contributed by atoms with van der Waals surface area (Å²) < 4.78 is 19.2. The summed E-state index contributed by atoms with van der Waals surface area (Å²) in [5.41, 5.74) is 0.808. The number of halogens is 1. The minimum absolute atomic E-state index is 0.182. The van der Waals surface area contributed by atoms with Gasteiger partial charge in [0.25, 0.3) is 0 Å². The van der Waals surface area contributed by atoms with Gasteiger partial charge in [0.1, 0.15) is 0 Å². The Balaban J connectivity index is 2.21. The molecule has 3 heteroatoms. The van der Waals surface area contributed by atoms with E-state index in [1.54, 1.807) is 6.07 Å². The van der Waals surface area contributed by atoms with Gasteiger partial charge >= 0.3 is 0 Å². The molecule has 1 heterocycles. The number of benzene rings is 1. The summed E-state index contributed by atoms with van der Waals surface area (Å²) in [5.74, 6) is 0.480. The Hall–Kier alpha value is -1.09. The van der Waals surface area contributed by atoms with E-state index < -0.39 is 0 Å². The van der Waals surface area contributed by atoms with Gasteiger partial charge in [0.2, 0.25) is 0 Å². The summed E-state index contributed by atoms with van der Waals surface area (Å²) in [6, 6.07) is 5.45. The molecule has 0 aliphatic carbocycles. The minimum Gasteiger partial charge on any atom is -0.494 e. The Morgan fingerprint density at radius 3 is 3.00 bits per heavy atom. The minimum atomic E-state index is -0.182. The fraction of sp³-hybridized carbons (Fsp3) is 0.571. The van der Waals surface area contributed by atoms with Crippen LogP contribution in [-0.4, -0.2) is 31.6 Å². The first-order chi connectivity index (χ1) is 8.26. The second-order valence-corrected chi connectivity index (χ2v) is 4.60. The lowest BCUT2D eigenvalue weighted by Crippen LogP contribution is -2.34. The van der Waals surface area contributed by atoms with Crippen LogP contribution in [0.1, 0.15) is 31.2 Å². The van der Waals surface area contributed by atoms with Gasteiger partial charge in [0.15, 0.2) is 11.6 Å². The van der Waals surface area contributed by atoms with E-state index in [9.17, 15) is 4.39 Å². The van der Waals surface area contributed by atoms with Crippen LogP contribution < -0.4 is 4.74 Å². The van der Waals surface area contributed by atoms with Crippen LogP contribution in [0, 0.1) is 5.82 Å². The highest BCUT2D eigenvalue weighted by atomic mass is 19.1. The van der Waals surface area contributed by atoms with Crippen LogP contribution in [0.4, 0.5) is 4.39 Å². The van der Waals surface area contributed by atoms with Crippen molar-refractivity contribution in [1.29, 1.82) is 0 Å². The second kappa shape index (κ2) is 5.50. The lowest BCUT2D eigenvalue weighted by molar-refractivity contribution is 0.215. The predicted octanol–water partition coefficient (Wildman–Crippen LogP) is 3.03. The zero-order valence-electron chi connectivity index (χ0n) is 10.6. The summed E-state index contributed by atoms with van der Waals surface area (Å²) >= 11 is 0. The fourth-order valence-electron chi connectivity index (χ4n) is 2.60. The number of rotatable bonds is 3. The molecule has 1 fully saturated rings. The summed E-state index contributed by atoms with van der Waals surface area (Å²) in [5, 5.41) is 0. The van der Waals surface area contributed by atoms with Crippen LogP contribution in [0.15, 0.2) is 18.2 Å². The fourth-order valence-corrected chi connectivity index (χ4v) is 2.60. The van der Waals surface area contributed by atoms with E-state index in [0.29, 0.717) is 11.7 Å². The van der Waals surface area contributed by atoms with Crippen LogP contribution in [0.5, 0.6) is 5.75 Å². The van der Waals surface area contributed by atoms with Gasteiger partial charge in [-0.1, -0.05) is 19.1 Å². The molecule has 0 spiro atoms. The topological polar surface area (TPSA) is 12.5 Å². The molecule has 0 N–H and O–H groups in total. The number of methoxy groups -OCH3 is 1. The highest BCUT2D eigenvalue weighted by Gasteiger charge is 2.23. The quantitative estimate of drug-likeness (QED) is 0.801. The Morgan fingerprint density at radius 2 is 2.29 bits per heavy atom. The summed E-state index contributed by atoms with van der Waals surface area (Å²) in [7, 11) is 1.52. The second-order valence-electron chi connectivity index (χ2n) is 4.60. The van der Waals surface area contributed by atoms with Crippen LogP contribution in [0.25, 0.3) is 0 Å². The zero-order valence-corrected chi connectivity index (χ0v) is 10.6. The first kappa shape index (κ1) is 12.4. The monoisotopic (exact) mass is 237 g/mol. The van der Waals surface area contributed by atoms with Crippen LogP contribution in [-0.2, 0) is 0 Å². The molecule has 0 aromatic heterocycles. The van der Waals surface area contributed by atoms with E-state index in [1.807, 2.05) is 12.1 Å².